The predicted molar refractivity (Wildman–Crippen MR) is 135 cm³/mol. The Bertz CT molecular complexity index is 909. The zero-order valence-electron chi connectivity index (χ0n) is 21.3. The van der Waals surface area contributed by atoms with Crippen LogP contribution in [-0.4, -0.2) is 13.0 Å². The molecule has 0 N–H and O–H groups in total. The van der Waals surface area contributed by atoms with E-state index in [4.69, 9.17) is 0 Å². The number of hydrogen-bond donors (Lipinski definition) is 0. The van der Waals surface area contributed by atoms with Crippen molar-refractivity contribution in [3.63, 3.8) is 0 Å². The minimum atomic E-state index is -4.53. The second-order valence-electron chi connectivity index (χ2n) is 9.26. The first-order valence-electron chi connectivity index (χ1n) is 13.0. The van der Waals surface area contributed by atoms with Crippen LogP contribution < -0.4 is 18.9 Å². The Balaban J connectivity index is 0.00000544. The fraction of sp³-hybridized carbons (Fsp3) is 0.643. The molecule has 0 radical (unpaired) electrons. The van der Waals surface area contributed by atoms with Crippen LogP contribution in [0.3, 0.4) is 0 Å². The van der Waals surface area contributed by atoms with Crippen LogP contribution >= 0.6 is 0 Å². The SMILES string of the molecule is CCCCCCCCCc1cc2ccccc2c(S(=O)(=O)[O-])c1CCCCCCCCC.[Li+]. The van der Waals surface area contributed by atoms with E-state index >= 15 is 0 Å². The number of rotatable bonds is 17. The second kappa shape index (κ2) is 16.8. The molecule has 0 aromatic heterocycles. The molecule has 0 atom stereocenters. The fourth-order valence-electron chi connectivity index (χ4n) is 4.73. The van der Waals surface area contributed by atoms with Crippen molar-refractivity contribution < 1.29 is 31.8 Å². The summed E-state index contributed by atoms with van der Waals surface area (Å²) in [6, 6.07) is 9.58. The summed E-state index contributed by atoms with van der Waals surface area (Å²) in [4.78, 5) is 0.0412. The topological polar surface area (TPSA) is 57.2 Å². The van der Waals surface area contributed by atoms with Gasteiger partial charge >= 0.3 is 18.9 Å². The smallest absolute Gasteiger partial charge is 0.744 e. The van der Waals surface area contributed by atoms with Crippen LogP contribution in [0.2, 0.25) is 0 Å². The fourth-order valence-corrected chi connectivity index (χ4v) is 5.72. The van der Waals surface area contributed by atoms with Crippen molar-refractivity contribution in [2.24, 2.45) is 0 Å². The van der Waals surface area contributed by atoms with Gasteiger partial charge in [-0.2, -0.15) is 0 Å². The van der Waals surface area contributed by atoms with Gasteiger partial charge in [-0.15, -0.1) is 0 Å². The summed E-state index contributed by atoms with van der Waals surface area (Å²) in [5.41, 5.74) is 1.86. The first-order valence-corrected chi connectivity index (χ1v) is 14.4. The number of aryl methyl sites for hydroxylation is 1. The second-order valence-corrected chi connectivity index (χ2v) is 10.6. The van der Waals surface area contributed by atoms with Crippen LogP contribution in [0.25, 0.3) is 10.8 Å². The Labute approximate surface area is 215 Å². The number of fused-ring (bicyclic) bond motifs is 1. The van der Waals surface area contributed by atoms with Gasteiger partial charge in [-0.3, -0.25) is 0 Å². The quantitative estimate of drug-likeness (QED) is 0.180. The van der Waals surface area contributed by atoms with Crippen LogP contribution in [0.1, 0.15) is 115 Å². The zero-order valence-corrected chi connectivity index (χ0v) is 22.1. The van der Waals surface area contributed by atoms with Crippen LogP contribution in [0, 0.1) is 0 Å². The molecule has 0 aliphatic rings. The van der Waals surface area contributed by atoms with Crippen molar-refractivity contribution in [2.45, 2.75) is 121 Å². The molecule has 0 bridgehead atoms. The van der Waals surface area contributed by atoms with Gasteiger partial charge in [-0.1, -0.05) is 121 Å². The van der Waals surface area contributed by atoms with Crippen LogP contribution in [0.4, 0.5) is 0 Å². The van der Waals surface area contributed by atoms with Crippen molar-refractivity contribution in [3.8, 4) is 0 Å². The van der Waals surface area contributed by atoms with Gasteiger partial charge in [-0.25, -0.2) is 8.42 Å². The summed E-state index contributed by atoms with van der Waals surface area (Å²) in [5.74, 6) is 0. The van der Waals surface area contributed by atoms with Gasteiger partial charge in [0.05, 0.1) is 4.90 Å². The molecule has 3 nitrogen and oxygen atoms in total. The Morgan fingerprint density at radius 2 is 1.18 bits per heavy atom. The summed E-state index contributed by atoms with van der Waals surface area (Å²) in [5, 5.41) is 1.45. The number of hydrogen-bond acceptors (Lipinski definition) is 3. The standard InChI is InChI=1S/C28H44O3S.Li/c1-3-5-7-9-11-13-15-19-24-23-25-20-17-18-22-27(25)28(32(29,30)31)26(24)21-16-14-12-10-8-6-4-2;/h17-18,20,22-23H,3-16,19,21H2,1-2H3,(H,29,30,31);/q;+1/p-1. The molecule has 2 aromatic rings. The Morgan fingerprint density at radius 1 is 0.697 bits per heavy atom. The molecule has 0 unspecified atom stereocenters. The Hall–Kier alpha value is -0.793. The van der Waals surface area contributed by atoms with E-state index in [-0.39, 0.29) is 23.8 Å². The molecule has 33 heavy (non-hydrogen) atoms. The van der Waals surface area contributed by atoms with E-state index in [2.05, 4.69) is 19.9 Å². The molecule has 0 aliphatic carbocycles. The normalized spacial score (nSPS) is 11.6. The van der Waals surface area contributed by atoms with Gasteiger partial charge in [0.25, 0.3) is 0 Å². The number of benzene rings is 2. The third-order valence-electron chi connectivity index (χ3n) is 6.53. The van der Waals surface area contributed by atoms with Gasteiger partial charge in [-0.05, 0) is 47.6 Å². The zero-order chi connectivity index (χ0) is 23.2. The molecule has 0 saturated carbocycles. The minimum Gasteiger partial charge on any atom is -0.744 e. The van der Waals surface area contributed by atoms with Crippen molar-refractivity contribution in [1.82, 2.24) is 0 Å². The predicted octanol–water partition coefficient (Wildman–Crippen LogP) is 5.33. The van der Waals surface area contributed by atoms with Crippen molar-refractivity contribution >= 4 is 20.9 Å². The van der Waals surface area contributed by atoms with Crippen molar-refractivity contribution in [2.75, 3.05) is 0 Å². The van der Waals surface area contributed by atoms with Gasteiger partial charge in [0, 0.05) is 0 Å². The van der Waals surface area contributed by atoms with E-state index in [0.29, 0.717) is 11.8 Å². The van der Waals surface area contributed by atoms with Crippen LogP contribution in [-0.2, 0) is 23.0 Å². The molecule has 0 aliphatic heterocycles. The summed E-state index contributed by atoms with van der Waals surface area (Å²) in [6.07, 6.45) is 18.4. The largest absolute Gasteiger partial charge is 1.00 e. The summed E-state index contributed by atoms with van der Waals surface area (Å²) < 4.78 is 37.0. The Kier molecular flexibility index (Phi) is 15.4. The molecule has 180 valence electrons. The molecule has 0 fully saturated rings. The van der Waals surface area contributed by atoms with E-state index in [9.17, 15) is 13.0 Å². The third kappa shape index (κ3) is 10.6. The van der Waals surface area contributed by atoms with Crippen molar-refractivity contribution in [3.05, 3.63) is 41.5 Å². The molecular weight excluding hydrogens is 423 g/mol. The van der Waals surface area contributed by atoms with E-state index in [1.165, 1.54) is 64.2 Å². The minimum absolute atomic E-state index is 0. The number of unbranched alkanes of at least 4 members (excludes halogenated alkanes) is 12. The van der Waals surface area contributed by atoms with E-state index in [1.807, 2.05) is 18.2 Å². The molecule has 0 spiro atoms. The molecule has 2 aromatic carbocycles. The van der Waals surface area contributed by atoms with Crippen molar-refractivity contribution in [1.29, 1.82) is 0 Å². The summed E-state index contributed by atoms with van der Waals surface area (Å²) >= 11 is 0. The maximum atomic E-state index is 12.3. The van der Waals surface area contributed by atoms with E-state index in [1.54, 1.807) is 6.07 Å². The average Bonchev–Trinajstić information content (AvgIpc) is 2.76. The molecule has 0 amide bonds. The van der Waals surface area contributed by atoms with Gasteiger partial charge in [0.2, 0.25) is 0 Å². The van der Waals surface area contributed by atoms with Gasteiger partial charge < -0.3 is 4.55 Å². The monoisotopic (exact) mass is 466 g/mol. The van der Waals surface area contributed by atoms with Gasteiger partial charge in [0.1, 0.15) is 10.1 Å². The van der Waals surface area contributed by atoms with Crippen LogP contribution in [0.5, 0.6) is 0 Å². The maximum absolute atomic E-state index is 12.3. The van der Waals surface area contributed by atoms with Gasteiger partial charge in [0.15, 0.2) is 0 Å². The molecule has 0 heterocycles. The maximum Gasteiger partial charge on any atom is 1.00 e. The first kappa shape index (κ1) is 30.2. The first-order chi connectivity index (χ1) is 15.5. The Morgan fingerprint density at radius 3 is 1.73 bits per heavy atom. The molecule has 2 rings (SSSR count). The summed E-state index contributed by atoms with van der Waals surface area (Å²) in [7, 11) is -4.53. The molecule has 0 saturated heterocycles. The molecule has 5 heteroatoms. The van der Waals surface area contributed by atoms with Crippen LogP contribution in [0.15, 0.2) is 35.2 Å². The summed E-state index contributed by atoms with van der Waals surface area (Å²) in [6.45, 7) is 4.45. The molecular formula is C28H43LiO3S. The third-order valence-corrected chi connectivity index (χ3v) is 7.49. The average molecular weight is 467 g/mol. The van der Waals surface area contributed by atoms with E-state index in [0.717, 1.165) is 48.6 Å². The van der Waals surface area contributed by atoms with E-state index < -0.39 is 10.1 Å².